The molecule has 1 heterocycles. The van der Waals surface area contributed by atoms with Crippen molar-refractivity contribution in [1.82, 2.24) is 4.90 Å². The molecule has 1 aromatic rings. The lowest BCUT2D eigenvalue weighted by Crippen LogP contribution is -2.48. The summed E-state index contributed by atoms with van der Waals surface area (Å²) in [5.74, 6) is -0.728. The molecule has 1 fully saturated rings. The van der Waals surface area contributed by atoms with Gasteiger partial charge >= 0.3 is 5.97 Å². The van der Waals surface area contributed by atoms with Gasteiger partial charge in [0.15, 0.2) is 0 Å². The smallest absolute Gasteiger partial charge is 0.304 e. The minimum Gasteiger partial charge on any atom is -0.481 e. The highest BCUT2D eigenvalue weighted by Gasteiger charge is 2.27. The van der Waals surface area contributed by atoms with Crippen molar-refractivity contribution in [3.63, 3.8) is 0 Å². The van der Waals surface area contributed by atoms with Gasteiger partial charge in [-0.05, 0) is 18.4 Å². The second-order valence-corrected chi connectivity index (χ2v) is 5.00. The van der Waals surface area contributed by atoms with Crippen LogP contribution in [0.4, 0.5) is 0 Å². The number of rotatable bonds is 4. The molecule has 98 valence electrons. The summed E-state index contributed by atoms with van der Waals surface area (Å²) < 4.78 is 0. The van der Waals surface area contributed by atoms with Gasteiger partial charge in [-0.3, -0.25) is 9.69 Å². The predicted octanol–water partition coefficient (Wildman–Crippen LogP) is 1.45. The molecule has 0 radical (unpaired) electrons. The minimum atomic E-state index is -0.728. The third-order valence-electron chi connectivity index (χ3n) is 3.49. The van der Waals surface area contributed by atoms with E-state index in [1.165, 1.54) is 5.56 Å². The van der Waals surface area contributed by atoms with Crippen molar-refractivity contribution in [3.05, 3.63) is 35.9 Å². The van der Waals surface area contributed by atoms with E-state index in [-0.39, 0.29) is 18.5 Å². The van der Waals surface area contributed by atoms with Crippen LogP contribution >= 0.6 is 0 Å². The van der Waals surface area contributed by atoms with Crippen molar-refractivity contribution in [2.45, 2.75) is 37.9 Å². The maximum Gasteiger partial charge on any atom is 0.304 e. The summed E-state index contributed by atoms with van der Waals surface area (Å²) in [6.45, 7) is 1.57. The Balaban J connectivity index is 2.03. The van der Waals surface area contributed by atoms with E-state index in [1.54, 1.807) is 0 Å². The van der Waals surface area contributed by atoms with Gasteiger partial charge < -0.3 is 10.8 Å². The van der Waals surface area contributed by atoms with E-state index in [9.17, 15) is 4.79 Å². The van der Waals surface area contributed by atoms with E-state index in [4.69, 9.17) is 10.8 Å². The van der Waals surface area contributed by atoms with Gasteiger partial charge in [0.25, 0.3) is 0 Å². The Labute approximate surface area is 107 Å². The van der Waals surface area contributed by atoms with Crippen LogP contribution in [-0.4, -0.2) is 34.6 Å². The first kappa shape index (κ1) is 13.1. The first-order valence-electron chi connectivity index (χ1n) is 6.40. The first-order chi connectivity index (χ1) is 8.65. The van der Waals surface area contributed by atoms with Crippen LogP contribution in [0.25, 0.3) is 0 Å². The molecule has 0 bridgehead atoms. The van der Waals surface area contributed by atoms with Gasteiger partial charge in [0.1, 0.15) is 0 Å². The van der Waals surface area contributed by atoms with E-state index in [0.29, 0.717) is 0 Å². The van der Waals surface area contributed by atoms with Crippen LogP contribution < -0.4 is 5.73 Å². The topological polar surface area (TPSA) is 66.6 Å². The molecule has 0 aliphatic carbocycles. The van der Waals surface area contributed by atoms with Crippen LogP contribution in [0.15, 0.2) is 30.3 Å². The first-order valence-corrected chi connectivity index (χ1v) is 6.40. The van der Waals surface area contributed by atoms with E-state index < -0.39 is 5.97 Å². The molecular weight excluding hydrogens is 228 g/mol. The third-order valence-corrected chi connectivity index (χ3v) is 3.49. The third kappa shape index (κ3) is 3.55. The van der Waals surface area contributed by atoms with Gasteiger partial charge in [-0.1, -0.05) is 30.3 Å². The summed E-state index contributed by atoms with van der Waals surface area (Å²) in [5.41, 5.74) is 7.19. The molecule has 4 heteroatoms. The zero-order valence-electron chi connectivity index (χ0n) is 10.5. The summed E-state index contributed by atoms with van der Waals surface area (Å²) in [7, 11) is 0. The maximum absolute atomic E-state index is 10.9. The normalized spacial score (nSPS) is 24.9. The number of likely N-dealkylation sites (tertiary alicyclic amines) is 1. The largest absolute Gasteiger partial charge is 0.481 e. The van der Waals surface area contributed by atoms with E-state index in [0.717, 1.165) is 25.9 Å². The summed E-state index contributed by atoms with van der Waals surface area (Å²) in [5, 5.41) is 8.96. The molecule has 1 aliphatic heterocycles. The lowest BCUT2D eigenvalue weighted by Gasteiger charge is -2.37. The number of piperidine rings is 1. The highest BCUT2D eigenvalue weighted by molar-refractivity contribution is 5.67. The zero-order valence-corrected chi connectivity index (χ0v) is 10.5. The van der Waals surface area contributed by atoms with Gasteiger partial charge in [-0.2, -0.15) is 0 Å². The lowest BCUT2D eigenvalue weighted by atomic mass is 9.96. The van der Waals surface area contributed by atoms with E-state index in [2.05, 4.69) is 17.0 Å². The second kappa shape index (κ2) is 5.98. The molecule has 0 amide bonds. The molecule has 1 aromatic carbocycles. The number of carboxylic acid groups (broad SMARTS) is 1. The van der Waals surface area contributed by atoms with Crippen LogP contribution in [0.3, 0.4) is 0 Å². The summed E-state index contributed by atoms with van der Waals surface area (Å²) >= 11 is 0. The SMILES string of the molecule is N[C@@H]1CC[C@H](CC(=O)O)N(Cc2ccccc2)C1. The monoisotopic (exact) mass is 248 g/mol. The number of hydrogen-bond acceptors (Lipinski definition) is 3. The fraction of sp³-hybridized carbons (Fsp3) is 0.500. The molecule has 18 heavy (non-hydrogen) atoms. The Bertz CT molecular complexity index is 394. The minimum absolute atomic E-state index is 0.113. The van der Waals surface area contributed by atoms with Crippen molar-refractivity contribution in [2.24, 2.45) is 5.73 Å². The quantitative estimate of drug-likeness (QED) is 0.846. The van der Waals surface area contributed by atoms with Gasteiger partial charge in [0.2, 0.25) is 0 Å². The Hall–Kier alpha value is -1.39. The van der Waals surface area contributed by atoms with Crippen molar-refractivity contribution in [2.75, 3.05) is 6.54 Å². The van der Waals surface area contributed by atoms with Crippen LogP contribution in [0.5, 0.6) is 0 Å². The molecule has 4 nitrogen and oxygen atoms in total. The van der Waals surface area contributed by atoms with Crippen LogP contribution in [0.1, 0.15) is 24.8 Å². The van der Waals surface area contributed by atoms with Gasteiger partial charge in [0, 0.05) is 25.2 Å². The zero-order chi connectivity index (χ0) is 13.0. The lowest BCUT2D eigenvalue weighted by molar-refractivity contribution is -0.138. The van der Waals surface area contributed by atoms with Gasteiger partial charge in [0.05, 0.1) is 6.42 Å². The molecule has 2 rings (SSSR count). The number of hydrogen-bond donors (Lipinski definition) is 2. The Morgan fingerprint density at radius 1 is 1.33 bits per heavy atom. The number of aliphatic carboxylic acids is 1. The van der Waals surface area contributed by atoms with Crippen molar-refractivity contribution in [1.29, 1.82) is 0 Å². The number of nitrogens with zero attached hydrogens (tertiary/aromatic N) is 1. The molecule has 0 aromatic heterocycles. The van der Waals surface area contributed by atoms with Crippen LogP contribution in [-0.2, 0) is 11.3 Å². The molecule has 2 atom stereocenters. The molecule has 1 aliphatic rings. The fourth-order valence-corrected chi connectivity index (χ4v) is 2.57. The van der Waals surface area contributed by atoms with Crippen molar-refractivity contribution in [3.8, 4) is 0 Å². The Morgan fingerprint density at radius 2 is 2.06 bits per heavy atom. The van der Waals surface area contributed by atoms with E-state index >= 15 is 0 Å². The molecule has 1 saturated heterocycles. The summed E-state index contributed by atoms with van der Waals surface area (Å²) in [6.07, 6.45) is 2.00. The molecule has 0 unspecified atom stereocenters. The number of carbonyl (C=O) groups is 1. The Morgan fingerprint density at radius 3 is 2.72 bits per heavy atom. The molecule has 0 saturated carbocycles. The maximum atomic E-state index is 10.9. The Kier molecular flexibility index (Phi) is 4.33. The van der Waals surface area contributed by atoms with E-state index in [1.807, 2.05) is 18.2 Å². The van der Waals surface area contributed by atoms with Crippen molar-refractivity contribution >= 4 is 5.97 Å². The molecule has 3 N–H and O–H groups in total. The average Bonchev–Trinajstić information content (AvgIpc) is 2.33. The van der Waals surface area contributed by atoms with Crippen LogP contribution in [0, 0.1) is 0 Å². The van der Waals surface area contributed by atoms with Crippen LogP contribution in [0.2, 0.25) is 0 Å². The standard InChI is InChI=1S/C14H20N2O2/c15-12-6-7-13(8-14(17)18)16(10-12)9-11-4-2-1-3-5-11/h1-5,12-13H,6-10,15H2,(H,17,18)/t12-,13-/m1/s1. The fourth-order valence-electron chi connectivity index (χ4n) is 2.57. The molecule has 0 spiro atoms. The van der Waals surface area contributed by atoms with Gasteiger partial charge in [-0.15, -0.1) is 0 Å². The highest BCUT2D eigenvalue weighted by Crippen LogP contribution is 2.21. The second-order valence-electron chi connectivity index (χ2n) is 5.00. The summed E-state index contributed by atoms with van der Waals surface area (Å²) in [4.78, 5) is 13.1. The number of nitrogens with two attached hydrogens (primary N) is 1. The number of carboxylic acids is 1. The molecular formula is C14H20N2O2. The summed E-state index contributed by atoms with van der Waals surface area (Å²) in [6, 6.07) is 10.4. The number of benzene rings is 1. The average molecular weight is 248 g/mol. The van der Waals surface area contributed by atoms with Crippen molar-refractivity contribution < 1.29 is 9.90 Å². The highest BCUT2D eigenvalue weighted by atomic mass is 16.4. The van der Waals surface area contributed by atoms with Gasteiger partial charge in [-0.25, -0.2) is 0 Å². The predicted molar refractivity (Wildman–Crippen MR) is 70.1 cm³/mol.